The summed E-state index contributed by atoms with van der Waals surface area (Å²) in [6.45, 7) is 1.84. The molecule has 3 rings (SSSR count). The quantitative estimate of drug-likeness (QED) is 0.635. The maximum atomic E-state index is 12.4. The SMILES string of the molecule is Cc1cc(Br)ccc1OCC(=O)Nc1cccc(NC(=O)C2CCCCC2)c1. The lowest BCUT2D eigenvalue weighted by Crippen LogP contribution is -2.25. The Morgan fingerprint density at radius 2 is 1.75 bits per heavy atom. The van der Waals surface area contributed by atoms with E-state index >= 15 is 0 Å². The molecular formula is C22H25BrN2O3. The zero-order valence-electron chi connectivity index (χ0n) is 16.0. The fraction of sp³-hybridized carbons (Fsp3) is 0.364. The minimum atomic E-state index is -0.252. The van der Waals surface area contributed by atoms with Gasteiger partial charge < -0.3 is 15.4 Å². The van der Waals surface area contributed by atoms with Gasteiger partial charge in [-0.05, 0) is 61.7 Å². The monoisotopic (exact) mass is 444 g/mol. The maximum absolute atomic E-state index is 12.4. The molecule has 1 aliphatic rings. The molecule has 1 saturated carbocycles. The summed E-state index contributed by atoms with van der Waals surface area (Å²) >= 11 is 3.40. The molecular weight excluding hydrogens is 420 g/mol. The molecule has 148 valence electrons. The van der Waals surface area contributed by atoms with Gasteiger partial charge in [-0.3, -0.25) is 9.59 Å². The van der Waals surface area contributed by atoms with Crippen LogP contribution in [0.3, 0.4) is 0 Å². The Labute approximate surface area is 174 Å². The lowest BCUT2D eigenvalue weighted by Gasteiger charge is -2.20. The lowest BCUT2D eigenvalue weighted by molar-refractivity contribution is -0.120. The number of rotatable bonds is 6. The standard InChI is InChI=1S/C22H25BrN2O3/c1-15-12-17(23)10-11-20(15)28-14-21(26)24-18-8-5-9-19(13-18)25-22(27)16-6-3-2-4-7-16/h5,8-13,16H,2-4,6-7,14H2,1H3,(H,24,26)(H,25,27). The van der Waals surface area contributed by atoms with Crippen LogP contribution >= 0.6 is 15.9 Å². The summed E-state index contributed by atoms with van der Waals surface area (Å²) in [6.07, 6.45) is 5.36. The molecule has 0 bridgehead atoms. The molecule has 2 aromatic carbocycles. The summed E-state index contributed by atoms with van der Waals surface area (Å²) in [7, 11) is 0. The number of carbonyl (C=O) groups is 2. The van der Waals surface area contributed by atoms with Crippen LogP contribution < -0.4 is 15.4 Å². The van der Waals surface area contributed by atoms with Gasteiger partial charge in [0.2, 0.25) is 5.91 Å². The predicted molar refractivity (Wildman–Crippen MR) is 115 cm³/mol. The zero-order valence-corrected chi connectivity index (χ0v) is 17.6. The van der Waals surface area contributed by atoms with E-state index in [0.717, 1.165) is 35.7 Å². The average molecular weight is 445 g/mol. The number of ether oxygens (including phenoxy) is 1. The number of amides is 2. The van der Waals surface area contributed by atoms with Crippen molar-refractivity contribution < 1.29 is 14.3 Å². The first-order valence-electron chi connectivity index (χ1n) is 9.61. The Morgan fingerprint density at radius 1 is 1.04 bits per heavy atom. The second-order valence-corrected chi connectivity index (χ2v) is 8.07. The van der Waals surface area contributed by atoms with Gasteiger partial charge in [-0.15, -0.1) is 0 Å². The Bertz CT molecular complexity index is 847. The summed E-state index contributed by atoms with van der Waals surface area (Å²) in [5.41, 5.74) is 2.27. The molecule has 0 atom stereocenters. The van der Waals surface area contributed by atoms with Crippen LogP contribution in [0.5, 0.6) is 5.75 Å². The van der Waals surface area contributed by atoms with Crippen molar-refractivity contribution in [2.75, 3.05) is 17.2 Å². The Hall–Kier alpha value is -2.34. The first-order chi connectivity index (χ1) is 13.5. The van der Waals surface area contributed by atoms with Crippen LogP contribution in [0.2, 0.25) is 0 Å². The van der Waals surface area contributed by atoms with Gasteiger partial charge in [0.05, 0.1) is 0 Å². The highest BCUT2D eigenvalue weighted by molar-refractivity contribution is 9.10. The highest BCUT2D eigenvalue weighted by Gasteiger charge is 2.21. The number of benzene rings is 2. The first kappa shape index (κ1) is 20.4. The molecule has 6 heteroatoms. The molecule has 28 heavy (non-hydrogen) atoms. The van der Waals surface area contributed by atoms with Crippen LogP contribution in [0.25, 0.3) is 0 Å². The van der Waals surface area contributed by atoms with E-state index in [1.165, 1.54) is 6.42 Å². The normalized spacial score (nSPS) is 14.4. The number of aryl methyl sites for hydroxylation is 1. The third-order valence-electron chi connectivity index (χ3n) is 4.89. The fourth-order valence-corrected chi connectivity index (χ4v) is 3.87. The number of hydrogen-bond donors (Lipinski definition) is 2. The van der Waals surface area contributed by atoms with Crippen LogP contribution in [0.15, 0.2) is 46.9 Å². The van der Waals surface area contributed by atoms with E-state index in [1.54, 1.807) is 12.1 Å². The van der Waals surface area contributed by atoms with Crippen molar-refractivity contribution >= 4 is 39.1 Å². The topological polar surface area (TPSA) is 67.4 Å². The fourth-order valence-electron chi connectivity index (χ4n) is 3.40. The van der Waals surface area contributed by atoms with Crippen LogP contribution in [-0.2, 0) is 9.59 Å². The average Bonchev–Trinajstić information content (AvgIpc) is 2.68. The lowest BCUT2D eigenvalue weighted by atomic mass is 9.88. The molecule has 0 aliphatic heterocycles. The molecule has 1 fully saturated rings. The summed E-state index contributed by atoms with van der Waals surface area (Å²) in [5, 5.41) is 5.78. The molecule has 0 aromatic heterocycles. The molecule has 2 N–H and O–H groups in total. The predicted octanol–water partition coefficient (Wildman–Crippen LogP) is 5.29. The third kappa shape index (κ3) is 5.83. The van der Waals surface area contributed by atoms with Crippen molar-refractivity contribution in [3.05, 3.63) is 52.5 Å². The number of anilines is 2. The second-order valence-electron chi connectivity index (χ2n) is 7.15. The molecule has 2 amide bonds. The molecule has 2 aromatic rings. The number of hydrogen-bond acceptors (Lipinski definition) is 3. The van der Waals surface area contributed by atoms with Crippen molar-refractivity contribution in [1.82, 2.24) is 0 Å². The van der Waals surface area contributed by atoms with E-state index in [9.17, 15) is 9.59 Å². The van der Waals surface area contributed by atoms with Crippen LogP contribution in [-0.4, -0.2) is 18.4 Å². The summed E-state index contributed by atoms with van der Waals surface area (Å²) in [6, 6.07) is 12.8. The number of halogens is 1. The van der Waals surface area contributed by atoms with Gasteiger partial charge in [0.1, 0.15) is 5.75 Å². The maximum Gasteiger partial charge on any atom is 0.262 e. The van der Waals surface area contributed by atoms with Crippen molar-refractivity contribution in [3.63, 3.8) is 0 Å². The first-order valence-corrected chi connectivity index (χ1v) is 10.4. The van der Waals surface area contributed by atoms with Crippen molar-refractivity contribution in [2.24, 2.45) is 5.92 Å². The smallest absolute Gasteiger partial charge is 0.262 e. The van der Waals surface area contributed by atoms with Gasteiger partial charge in [0.25, 0.3) is 5.91 Å². The van der Waals surface area contributed by atoms with Gasteiger partial charge in [0.15, 0.2) is 6.61 Å². The van der Waals surface area contributed by atoms with Gasteiger partial charge in [0, 0.05) is 21.8 Å². The summed E-state index contributed by atoms with van der Waals surface area (Å²) in [4.78, 5) is 24.6. The summed E-state index contributed by atoms with van der Waals surface area (Å²) < 4.78 is 6.56. The molecule has 0 heterocycles. The molecule has 0 radical (unpaired) electrons. The second kappa shape index (κ2) is 9.73. The Balaban J connectivity index is 1.53. The van der Waals surface area contributed by atoms with Crippen LogP contribution in [0.4, 0.5) is 11.4 Å². The van der Waals surface area contributed by atoms with E-state index in [2.05, 4.69) is 26.6 Å². The van der Waals surface area contributed by atoms with E-state index < -0.39 is 0 Å². The highest BCUT2D eigenvalue weighted by atomic mass is 79.9. The third-order valence-corrected chi connectivity index (χ3v) is 5.38. The summed E-state index contributed by atoms with van der Waals surface area (Å²) in [5.74, 6) is 0.580. The largest absolute Gasteiger partial charge is 0.483 e. The van der Waals surface area contributed by atoms with Crippen LogP contribution in [0, 0.1) is 12.8 Å². The van der Waals surface area contributed by atoms with Gasteiger partial charge >= 0.3 is 0 Å². The van der Waals surface area contributed by atoms with E-state index in [1.807, 2.05) is 37.3 Å². The Kier molecular flexibility index (Phi) is 7.09. The molecule has 1 aliphatic carbocycles. The van der Waals surface area contributed by atoms with E-state index in [0.29, 0.717) is 17.1 Å². The minimum Gasteiger partial charge on any atom is -0.483 e. The minimum absolute atomic E-state index is 0.0669. The van der Waals surface area contributed by atoms with Crippen LogP contribution in [0.1, 0.15) is 37.7 Å². The highest BCUT2D eigenvalue weighted by Crippen LogP contribution is 2.26. The number of nitrogens with one attached hydrogen (secondary N) is 2. The molecule has 0 saturated heterocycles. The van der Waals surface area contributed by atoms with Gasteiger partial charge in [-0.25, -0.2) is 0 Å². The number of carbonyl (C=O) groups excluding carboxylic acids is 2. The van der Waals surface area contributed by atoms with E-state index in [4.69, 9.17) is 4.74 Å². The molecule has 0 spiro atoms. The molecule has 0 unspecified atom stereocenters. The van der Waals surface area contributed by atoms with E-state index in [-0.39, 0.29) is 24.3 Å². The van der Waals surface area contributed by atoms with Gasteiger partial charge in [-0.2, -0.15) is 0 Å². The Morgan fingerprint density at radius 3 is 2.46 bits per heavy atom. The van der Waals surface area contributed by atoms with Gasteiger partial charge in [-0.1, -0.05) is 41.3 Å². The van der Waals surface area contributed by atoms with Crippen molar-refractivity contribution in [3.8, 4) is 5.75 Å². The zero-order chi connectivity index (χ0) is 19.9. The molecule has 5 nitrogen and oxygen atoms in total. The van der Waals surface area contributed by atoms with Crippen molar-refractivity contribution in [2.45, 2.75) is 39.0 Å². The van der Waals surface area contributed by atoms with Crippen molar-refractivity contribution in [1.29, 1.82) is 0 Å².